The van der Waals surface area contributed by atoms with E-state index in [0.29, 0.717) is 18.9 Å². The number of piperidine rings is 1. The van der Waals surface area contributed by atoms with Crippen molar-refractivity contribution in [3.05, 3.63) is 35.9 Å². The standard InChI is InChI=1S/C17H26N2O2/c1-21-16(15-5-3-2-4-6-15)13-19-17(20)8-7-14-9-11-18-12-10-14/h2-6,14,16,18H,7-13H2,1H3,(H,19,20). The van der Waals surface area contributed by atoms with Gasteiger partial charge in [0.05, 0.1) is 6.10 Å². The Balaban J connectivity index is 1.69. The average Bonchev–Trinajstić information content (AvgIpc) is 2.55. The number of benzene rings is 1. The first-order valence-corrected chi connectivity index (χ1v) is 7.84. The lowest BCUT2D eigenvalue weighted by Crippen LogP contribution is -2.31. The molecule has 0 radical (unpaired) electrons. The summed E-state index contributed by atoms with van der Waals surface area (Å²) in [6.45, 7) is 2.71. The molecule has 1 amide bonds. The van der Waals surface area contributed by atoms with Crippen molar-refractivity contribution < 1.29 is 9.53 Å². The van der Waals surface area contributed by atoms with Gasteiger partial charge in [0, 0.05) is 20.1 Å². The van der Waals surface area contributed by atoms with Gasteiger partial charge in [-0.2, -0.15) is 0 Å². The van der Waals surface area contributed by atoms with Crippen LogP contribution in [0.5, 0.6) is 0 Å². The van der Waals surface area contributed by atoms with Crippen molar-refractivity contribution >= 4 is 5.91 Å². The molecule has 4 heteroatoms. The summed E-state index contributed by atoms with van der Waals surface area (Å²) in [4.78, 5) is 12.0. The Bertz CT molecular complexity index is 416. The molecule has 4 nitrogen and oxygen atoms in total. The Morgan fingerprint density at radius 1 is 1.33 bits per heavy atom. The molecular weight excluding hydrogens is 264 g/mol. The van der Waals surface area contributed by atoms with Crippen LogP contribution >= 0.6 is 0 Å². The van der Waals surface area contributed by atoms with E-state index in [1.165, 1.54) is 12.8 Å². The molecule has 1 aliphatic heterocycles. The molecule has 1 aliphatic rings. The predicted octanol–water partition coefficient (Wildman–Crippen LogP) is 2.27. The minimum absolute atomic E-state index is 0.0750. The van der Waals surface area contributed by atoms with E-state index in [1.807, 2.05) is 30.3 Å². The van der Waals surface area contributed by atoms with E-state index in [9.17, 15) is 4.79 Å². The molecular formula is C17H26N2O2. The maximum Gasteiger partial charge on any atom is 0.220 e. The molecule has 2 N–H and O–H groups in total. The number of methoxy groups -OCH3 is 1. The highest BCUT2D eigenvalue weighted by atomic mass is 16.5. The van der Waals surface area contributed by atoms with Crippen molar-refractivity contribution in [3.63, 3.8) is 0 Å². The van der Waals surface area contributed by atoms with Gasteiger partial charge in [0.1, 0.15) is 0 Å². The van der Waals surface area contributed by atoms with E-state index >= 15 is 0 Å². The van der Waals surface area contributed by atoms with E-state index in [-0.39, 0.29) is 12.0 Å². The van der Waals surface area contributed by atoms with E-state index < -0.39 is 0 Å². The quantitative estimate of drug-likeness (QED) is 0.810. The maximum atomic E-state index is 12.0. The minimum Gasteiger partial charge on any atom is -0.375 e. The Morgan fingerprint density at radius 3 is 2.71 bits per heavy atom. The maximum absolute atomic E-state index is 12.0. The van der Waals surface area contributed by atoms with Crippen LogP contribution in [0.25, 0.3) is 0 Å². The number of hydrogen-bond donors (Lipinski definition) is 2. The van der Waals surface area contributed by atoms with Gasteiger partial charge in [-0.3, -0.25) is 4.79 Å². The van der Waals surface area contributed by atoms with Gasteiger partial charge in [0.15, 0.2) is 0 Å². The first kappa shape index (κ1) is 16.0. The second-order valence-electron chi connectivity index (χ2n) is 5.67. The molecule has 0 aromatic heterocycles. The van der Waals surface area contributed by atoms with Gasteiger partial charge >= 0.3 is 0 Å². The molecule has 1 atom stereocenters. The van der Waals surface area contributed by atoms with Crippen molar-refractivity contribution in [2.24, 2.45) is 5.92 Å². The highest BCUT2D eigenvalue weighted by Crippen LogP contribution is 2.18. The highest BCUT2D eigenvalue weighted by molar-refractivity contribution is 5.75. The normalized spacial score (nSPS) is 17.4. The number of amides is 1. The van der Waals surface area contributed by atoms with Gasteiger partial charge in [-0.05, 0) is 43.8 Å². The van der Waals surface area contributed by atoms with Gasteiger partial charge in [-0.15, -0.1) is 0 Å². The van der Waals surface area contributed by atoms with Gasteiger partial charge in [0.2, 0.25) is 5.91 Å². The zero-order valence-electron chi connectivity index (χ0n) is 12.8. The molecule has 0 spiro atoms. The fourth-order valence-corrected chi connectivity index (χ4v) is 2.81. The van der Waals surface area contributed by atoms with Crippen LogP contribution in [0.2, 0.25) is 0 Å². The second-order valence-corrected chi connectivity index (χ2v) is 5.67. The van der Waals surface area contributed by atoms with Crippen molar-refractivity contribution in [2.75, 3.05) is 26.7 Å². The number of rotatable bonds is 7. The van der Waals surface area contributed by atoms with E-state index in [1.54, 1.807) is 7.11 Å². The van der Waals surface area contributed by atoms with Crippen molar-refractivity contribution in [2.45, 2.75) is 31.8 Å². The van der Waals surface area contributed by atoms with Crippen molar-refractivity contribution in [1.82, 2.24) is 10.6 Å². The summed E-state index contributed by atoms with van der Waals surface area (Å²) in [6, 6.07) is 10.00. The Labute approximate surface area is 127 Å². The molecule has 116 valence electrons. The van der Waals surface area contributed by atoms with Crippen LogP contribution in [0.3, 0.4) is 0 Å². The minimum atomic E-state index is -0.0750. The lowest BCUT2D eigenvalue weighted by molar-refractivity contribution is -0.122. The third-order valence-corrected chi connectivity index (χ3v) is 4.18. The Morgan fingerprint density at radius 2 is 2.05 bits per heavy atom. The van der Waals surface area contributed by atoms with Crippen LogP contribution in [0.1, 0.15) is 37.4 Å². The number of hydrogen-bond acceptors (Lipinski definition) is 3. The van der Waals surface area contributed by atoms with E-state index in [0.717, 1.165) is 25.1 Å². The summed E-state index contributed by atoms with van der Waals surface area (Å²) in [5, 5.41) is 6.34. The Hall–Kier alpha value is -1.39. The average molecular weight is 290 g/mol. The van der Waals surface area contributed by atoms with Gasteiger partial charge in [0.25, 0.3) is 0 Å². The van der Waals surface area contributed by atoms with Crippen LogP contribution in [-0.2, 0) is 9.53 Å². The summed E-state index contributed by atoms with van der Waals surface area (Å²) < 4.78 is 5.46. The van der Waals surface area contributed by atoms with Crippen molar-refractivity contribution in [3.8, 4) is 0 Å². The summed E-state index contributed by atoms with van der Waals surface area (Å²) in [6.07, 6.45) is 3.93. The number of nitrogens with one attached hydrogen (secondary N) is 2. The molecule has 1 aromatic rings. The first-order valence-electron chi connectivity index (χ1n) is 7.84. The summed E-state index contributed by atoms with van der Waals surface area (Å²) >= 11 is 0. The molecule has 1 heterocycles. The molecule has 1 aromatic carbocycles. The molecule has 1 unspecified atom stereocenters. The lowest BCUT2D eigenvalue weighted by atomic mass is 9.93. The molecule has 2 rings (SSSR count). The fraction of sp³-hybridized carbons (Fsp3) is 0.588. The number of carbonyl (C=O) groups is 1. The topological polar surface area (TPSA) is 50.4 Å². The van der Waals surface area contributed by atoms with Crippen LogP contribution in [0.4, 0.5) is 0 Å². The van der Waals surface area contributed by atoms with Crippen molar-refractivity contribution in [1.29, 1.82) is 0 Å². The zero-order valence-corrected chi connectivity index (χ0v) is 12.8. The summed E-state index contributed by atoms with van der Waals surface area (Å²) in [7, 11) is 1.68. The largest absolute Gasteiger partial charge is 0.375 e. The third kappa shape index (κ3) is 5.48. The lowest BCUT2D eigenvalue weighted by Gasteiger charge is -2.22. The summed E-state index contributed by atoms with van der Waals surface area (Å²) in [5.74, 6) is 0.829. The summed E-state index contributed by atoms with van der Waals surface area (Å²) in [5.41, 5.74) is 1.10. The monoisotopic (exact) mass is 290 g/mol. The number of ether oxygens (including phenoxy) is 1. The zero-order chi connectivity index (χ0) is 14.9. The third-order valence-electron chi connectivity index (χ3n) is 4.18. The Kier molecular flexibility index (Phi) is 6.70. The second kappa shape index (κ2) is 8.80. The molecule has 0 bridgehead atoms. The van der Waals surface area contributed by atoms with Gasteiger partial charge in [-0.25, -0.2) is 0 Å². The van der Waals surface area contributed by atoms with E-state index in [2.05, 4.69) is 10.6 Å². The fourth-order valence-electron chi connectivity index (χ4n) is 2.81. The predicted molar refractivity (Wildman–Crippen MR) is 84.0 cm³/mol. The van der Waals surface area contributed by atoms with Crippen LogP contribution < -0.4 is 10.6 Å². The van der Waals surface area contributed by atoms with E-state index in [4.69, 9.17) is 4.74 Å². The highest BCUT2D eigenvalue weighted by Gasteiger charge is 2.15. The van der Waals surface area contributed by atoms with Gasteiger partial charge in [-0.1, -0.05) is 30.3 Å². The molecule has 1 saturated heterocycles. The first-order chi connectivity index (χ1) is 10.3. The van der Waals surface area contributed by atoms with Crippen LogP contribution in [0, 0.1) is 5.92 Å². The number of carbonyl (C=O) groups excluding carboxylic acids is 1. The van der Waals surface area contributed by atoms with Crippen LogP contribution in [0.15, 0.2) is 30.3 Å². The SMILES string of the molecule is COC(CNC(=O)CCC1CCNCC1)c1ccccc1. The van der Waals surface area contributed by atoms with Gasteiger partial charge < -0.3 is 15.4 Å². The molecule has 1 fully saturated rings. The molecule has 21 heavy (non-hydrogen) atoms. The smallest absolute Gasteiger partial charge is 0.220 e. The molecule has 0 aliphatic carbocycles. The van der Waals surface area contributed by atoms with Crippen LogP contribution in [-0.4, -0.2) is 32.7 Å². The molecule has 0 saturated carbocycles.